The Morgan fingerprint density at radius 3 is 2.93 bits per heavy atom. The van der Waals surface area contributed by atoms with Crippen LogP contribution in [0.4, 0.5) is 4.39 Å². The highest BCUT2D eigenvalue weighted by Crippen LogP contribution is 2.13. The van der Waals surface area contributed by atoms with Gasteiger partial charge in [-0.25, -0.2) is 4.39 Å². The number of hydrogen-bond donors (Lipinski definition) is 2. The van der Waals surface area contributed by atoms with E-state index in [4.69, 9.17) is 4.74 Å². The number of benzene rings is 1. The van der Waals surface area contributed by atoms with Crippen LogP contribution in [0.5, 0.6) is 5.75 Å². The normalized spacial score (nSPS) is 12.8. The van der Waals surface area contributed by atoms with E-state index < -0.39 is 0 Å². The zero-order valence-corrected chi connectivity index (χ0v) is 15.4. The van der Waals surface area contributed by atoms with Crippen LogP contribution in [0.1, 0.15) is 12.7 Å². The van der Waals surface area contributed by atoms with Gasteiger partial charge in [-0.3, -0.25) is 9.39 Å². The molecule has 3 aromatic rings. The first kappa shape index (κ1) is 18.6. The van der Waals surface area contributed by atoms with Crippen LogP contribution in [0.25, 0.3) is 5.65 Å². The largest absolute Gasteiger partial charge is 0.489 e. The van der Waals surface area contributed by atoms with E-state index in [1.807, 2.05) is 35.7 Å². The molecule has 0 bridgehead atoms. The van der Waals surface area contributed by atoms with Crippen molar-refractivity contribution in [3.8, 4) is 5.75 Å². The molecular weight excluding hydrogens is 347 g/mol. The van der Waals surface area contributed by atoms with E-state index in [1.165, 1.54) is 12.1 Å². The molecule has 3 rings (SSSR count). The third-order valence-electron chi connectivity index (χ3n) is 3.94. The van der Waals surface area contributed by atoms with Gasteiger partial charge in [0.05, 0.1) is 6.54 Å². The van der Waals surface area contributed by atoms with Crippen molar-refractivity contribution >= 4 is 11.6 Å². The molecular formula is C19H23FN6O. The maximum atomic E-state index is 13.2. The van der Waals surface area contributed by atoms with E-state index in [0.29, 0.717) is 31.2 Å². The molecule has 0 radical (unpaired) electrons. The number of rotatable bonds is 7. The molecule has 0 aliphatic carbocycles. The van der Waals surface area contributed by atoms with Gasteiger partial charge in [-0.05, 0) is 31.2 Å². The maximum absolute atomic E-state index is 13.2. The molecule has 0 saturated heterocycles. The minimum Gasteiger partial charge on any atom is -0.489 e. The second-order valence-corrected chi connectivity index (χ2v) is 6.06. The van der Waals surface area contributed by atoms with Crippen LogP contribution in [0.3, 0.4) is 0 Å². The number of aliphatic imine (C=N–C) groups is 1. The fourth-order valence-corrected chi connectivity index (χ4v) is 2.63. The molecule has 0 fully saturated rings. The molecule has 1 unspecified atom stereocenters. The standard InChI is InChI=1S/C19H23FN6O/c1-14(27-16-7-5-6-15(20)12-16)13-23-19(21-2)22-10-9-18-25-24-17-8-3-4-11-26(17)18/h3-8,11-12,14H,9-10,13H2,1-2H3,(H2,21,22,23). The molecule has 1 atom stereocenters. The summed E-state index contributed by atoms with van der Waals surface area (Å²) in [6.07, 6.45) is 2.51. The van der Waals surface area contributed by atoms with Crippen LogP contribution >= 0.6 is 0 Å². The van der Waals surface area contributed by atoms with Gasteiger partial charge in [0.2, 0.25) is 0 Å². The van der Waals surface area contributed by atoms with E-state index in [1.54, 1.807) is 19.2 Å². The van der Waals surface area contributed by atoms with Crippen LogP contribution in [0.15, 0.2) is 53.7 Å². The summed E-state index contributed by atoms with van der Waals surface area (Å²) < 4.78 is 20.9. The van der Waals surface area contributed by atoms with Crippen LogP contribution in [-0.2, 0) is 6.42 Å². The van der Waals surface area contributed by atoms with Crippen LogP contribution in [-0.4, -0.2) is 46.8 Å². The lowest BCUT2D eigenvalue weighted by molar-refractivity contribution is 0.223. The Balaban J connectivity index is 1.44. The Kier molecular flexibility index (Phi) is 6.19. The Bertz CT molecular complexity index is 910. The minimum atomic E-state index is -0.314. The molecule has 2 aromatic heterocycles. The lowest BCUT2D eigenvalue weighted by Gasteiger charge is -2.17. The fourth-order valence-electron chi connectivity index (χ4n) is 2.63. The van der Waals surface area contributed by atoms with Gasteiger partial charge in [-0.2, -0.15) is 0 Å². The average molecular weight is 370 g/mol. The van der Waals surface area contributed by atoms with Crippen LogP contribution in [0.2, 0.25) is 0 Å². The number of aromatic nitrogens is 3. The molecule has 142 valence electrons. The lowest BCUT2D eigenvalue weighted by atomic mass is 10.3. The van der Waals surface area contributed by atoms with Crippen molar-refractivity contribution in [2.75, 3.05) is 20.1 Å². The molecule has 27 heavy (non-hydrogen) atoms. The molecule has 0 saturated carbocycles. The number of guanidine groups is 1. The van der Waals surface area contributed by atoms with Crippen molar-refractivity contribution in [1.82, 2.24) is 25.2 Å². The summed E-state index contributed by atoms with van der Waals surface area (Å²) in [5.74, 6) is 1.74. The minimum absolute atomic E-state index is 0.147. The van der Waals surface area contributed by atoms with Crippen LogP contribution < -0.4 is 15.4 Å². The summed E-state index contributed by atoms with van der Waals surface area (Å²) in [6, 6.07) is 11.9. The second-order valence-electron chi connectivity index (χ2n) is 6.06. The molecule has 2 heterocycles. The number of fused-ring (bicyclic) bond motifs is 1. The predicted octanol–water partition coefficient (Wildman–Crippen LogP) is 2.04. The zero-order valence-electron chi connectivity index (χ0n) is 15.4. The summed E-state index contributed by atoms with van der Waals surface area (Å²) in [5.41, 5.74) is 0.832. The predicted molar refractivity (Wildman–Crippen MR) is 103 cm³/mol. The van der Waals surface area contributed by atoms with Crippen LogP contribution in [0, 0.1) is 5.82 Å². The molecule has 7 nitrogen and oxygen atoms in total. The summed E-state index contributed by atoms with van der Waals surface area (Å²) in [6.45, 7) is 3.10. The van der Waals surface area contributed by atoms with Crippen molar-refractivity contribution in [1.29, 1.82) is 0 Å². The zero-order chi connectivity index (χ0) is 19.1. The molecule has 0 spiro atoms. The van der Waals surface area contributed by atoms with Gasteiger partial charge in [-0.1, -0.05) is 12.1 Å². The third-order valence-corrected chi connectivity index (χ3v) is 3.94. The highest BCUT2D eigenvalue weighted by atomic mass is 19.1. The topological polar surface area (TPSA) is 75.8 Å². The van der Waals surface area contributed by atoms with Crippen molar-refractivity contribution < 1.29 is 9.13 Å². The van der Waals surface area contributed by atoms with E-state index in [-0.39, 0.29) is 11.9 Å². The number of nitrogens with zero attached hydrogens (tertiary/aromatic N) is 4. The van der Waals surface area contributed by atoms with Crippen molar-refractivity contribution in [3.63, 3.8) is 0 Å². The summed E-state index contributed by atoms with van der Waals surface area (Å²) in [5, 5.41) is 14.8. The van der Waals surface area contributed by atoms with E-state index in [2.05, 4.69) is 25.8 Å². The highest BCUT2D eigenvalue weighted by molar-refractivity contribution is 5.79. The number of pyridine rings is 1. The Labute approximate surface area is 157 Å². The van der Waals surface area contributed by atoms with Gasteiger partial charge in [0.15, 0.2) is 11.6 Å². The highest BCUT2D eigenvalue weighted by Gasteiger charge is 2.08. The molecule has 0 aliphatic heterocycles. The Morgan fingerprint density at radius 1 is 1.22 bits per heavy atom. The molecule has 0 aliphatic rings. The SMILES string of the molecule is CN=C(NCCc1nnc2ccccn12)NCC(C)Oc1cccc(F)c1. The first-order valence-corrected chi connectivity index (χ1v) is 8.81. The van der Waals surface area contributed by atoms with Gasteiger partial charge in [-0.15, -0.1) is 10.2 Å². The molecule has 2 N–H and O–H groups in total. The van der Waals surface area contributed by atoms with Gasteiger partial charge in [0.1, 0.15) is 23.5 Å². The first-order chi connectivity index (χ1) is 13.2. The fraction of sp³-hybridized carbons (Fsp3) is 0.316. The van der Waals surface area contributed by atoms with Gasteiger partial charge < -0.3 is 15.4 Å². The Morgan fingerprint density at radius 2 is 2.11 bits per heavy atom. The summed E-state index contributed by atoms with van der Waals surface area (Å²) in [4.78, 5) is 4.20. The monoisotopic (exact) mass is 370 g/mol. The summed E-state index contributed by atoms with van der Waals surface area (Å²) >= 11 is 0. The van der Waals surface area contributed by atoms with Crippen molar-refractivity contribution in [3.05, 3.63) is 60.3 Å². The first-order valence-electron chi connectivity index (χ1n) is 8.81. The van der Waals surface area contributed by atoms with Gasteiger partial charge in [0.25, 0.3) is 0 Å². The number of hydrogen-bond acceptors (Lipinski definition) is 4. The number of nitrogens with one attached hydrogen (secondary N) is 2. The van der Waals surface area contributed by atoms with Crippen molar-refractivity contribution in [2.24, 2.45) is 4.99 Å². The lowest BCUT2D eigenvalue weighted by Crippen LogP contribution is -2.42. The van der Waals surface area contributed by atoms with E-state index in [0.717, 1.165) is 11.5 Å². The maximum Gasteiger partial charge on any atom is 0.191 e. The Hall–Kier alpha value is -3.16. The molecule has 1 aromatic carbocycles. The molecule has 8 heteroatoms. The van der Waals surface area contributed by atoms with Crippen molar-refractivity contribution in [2.45, 2.75) is 19.4 Å². The third kappa shape index (κ3) is 5.16. The quantitative estimate of drug-likeness (QED) is 0.492. The van der Waals surface area contributed by atoms with E-state index >= 15 is 0 Å². The number of halogens is 1. The number of ether oxygens (including phenoxy) is 1. The van der Waals surface area contributed by atoms with Gasteiger partial charge in [0, 0.05) is 32.3 Å². The second kappa shape index (κ2) is 8.98. The smallest absolute Gasteiger partial charge is 0.191 e. The molecule has 0 amide bonds. The summed E-state index contributed by atoms with van der Waals surface area (Å²) in [7, 11) is 1.71. The average Bonchev–Trinajstić information content (AvgIpc) is 3.08. The van der Waals surface area contributed by atoms with Gasteiger partial charge >= 0.3 is 0 Å². The van der Waals surface area contributed by atoms with E-state index in [9.17, 15) is 4.39 Å².